The second-order valence-electron chi connectivity index (χ2n) is 4.43. The number of esters is 1. The molecule has 0 radical (unpaired) electrons. The highest BCUT2D eigenvalue weighted by atomic mass is 35.5. The number of benzene rings is 1. The van der Waals surface area contributed by atoms with Crippen LogP contribution in [0.2, 0.25) is 10.0 Å². The average Bonchev–Trinajstić information content (AvgIpc) is 3.12. The minimum atomic E-state index is -0.875. The maximum atomic E-state index is 11.9. The predicted molar refractivity (Wildman–Crippen MR) is 72.5 cm³/mol. The van der Waals surface area contributed by atoms with E-state index in [0.29, 0.717) is 0 Å². The van der Waals surface area contributed by atoms with Crippen LogP contribution in [0.15, 0.2) is 18.2 Å². The SMILES string of the molecule is C[C@H](OC(=O)c1c(Cl)cccc1Cl)C(=O)NC1CC1. The molecule has 0 heterocycles. The van der Waals surface area contributed by atoms with Gasteiger partial charge in [-0.1, -0.05) is 29.3 Å². The van der Waals surface area contributed by atoms with Crippen LogP contribution in [0.25, 0.3) is 0 Å². The molecule has 0 saturated heterocycles. The van der Waals surface area contributed by atoms with E-state index < -0.39 is 12.1 Å². The van der Waals surface area contributed by atoms with Crippen molar-refractivity contribution in [3.8, 4) is 0 Å². The molecule has 0 bridgehead atoms. The summed E-state index contributed by atoms with van der Waals surface area (Å²) in [6.45, 7) is 1.51. The van der Waals surface area contributed by atoms with E-state index in [4.69, 9.17) is 27.9 Å². The van der Waals surface area contributed by atoms with Gasteiger partial charge in [-0.05, 0) is 31.9 Å². The van der Waals surface area contributed by atoms with Crippen LogP contribution in [0.4, 0.5) is 0 Å². The van der Waals surface area contributed by atoms with Crippen LogP contribution in [0.3, 0.4) is 0 Å². The van der Waals surface area contributed by atoms with Crippen LogP contribution >= 0.6 is 23.2 Å². The van der Waals surface area contributed by atoms with Crippen LogP contribution in [0, 0.1) is 0 Å². The fraction of sp³-hybridized carbons (Fsp3) is 0.385. The van der Waals surface area contributed by atoms with Gasteiger partial charge in [0.15, 0.2) is 6.10 Å². The summed E-state index contributed by atoms with van der Waals surface area (Å²) >= 11 is 11.8. The van der Waals surface area contributed by atoms with Crippen molar-refractivity contribution in [2.45, 2.75) is 31.9 Å². The molecule has 4 nitrogen and oxygen atoms in total. The molecule has 1 aliphatic carbocycles. The molecule has 0 aliphatic heterocycles. The zero-order chi connectivity index (χ0) is 14.0. The largest absolute Gasteiger partial charge is 0.449 e. The van der Waals surface area contributed by atoms with Crippen LogP contribution < -0.4 is 5.32 Å². The zero-order valence-corrected chi connectivity index (χ0v) is 11.8. The summed E-state index contributed by atoms with van der Waals surface area (Å²) in [6, 6.07) is 4.93. The average molecular weight is 302 g/mol. The van der Waals surface area contributed by atoms with Crippen molar-refractivity contribution in [3.63, 3.8) is 0 Å². The van der Waals surface area contributed by atoms with Crippen molar-refractivity contribution < 1.29 is 14.3 Å². The number of nitrogens with one attached hydrogen (secondary N) is 1. The van der Waals surface area contributed by atoms with E-state index in [9.17, 15) is 9.59 Å². The maximum absolute atomic E-state index is 11.9. The molecule has 1 aromatic carbocycles. The Bertz CT molecular complexity index is 494. The first-order valence-corrected chi connectivity index (χ1v) is 6.70. The van der Waals surface area contributed by atoms with E-state index in [1.165, 1.54) is 6.92 Å². The minimum absolute atomic E-state index is 0.0805. The normalized spacial score (nSPS) is 15.7. The fourth-order valence-corrected chi connectivity index (χ4v) is 2.06. The summed E-state index contributed by atoms with van der Waals surface area (Å²) < 4.78 is 5.07. The van der Waals surface area contributed by atoms with Crippen LogP contribution in [0.1, 0.15) is 30.1 Å². The first-order chi connectivity index (χ1) is 8.99. The summed E-state index contributed by atoms with van der Waals surface area (Å²) in [6.07, 6.45) is 1.08. The molecular formula is C13H13Cl2NO3. The molecule has 2 rings (SSSR count). The minimum Gasteiger partial charge on any atom is -0.449 e. The smallest absolute Gasteiger partial charge is 0.341 e. The zero-order valence-electron chi connectivity index (χ0n) is 10.3. The number of halogens is 2. The molecule has 6 heteroatoms. The highest BCUT2D eigenvalue weighted by Crippen LogP contribution is 2.25. The molecule has 1 N–H and O–H groups in total. The van der Waals surface area contributed by atoms with E-state index in [0.717, 1.165) is 12.8 Å². The van der Waals surface area contributed by atoms with Crippen molar-refractivity contribution in [2.75, 3.05) is 0 Å². The second kappa shape index (κ2) is 5.80. The molecule has 0 spiro atoms. The Labute approximate surface area is 121 Å². The molecule has 1 amide bonds. The van der Waals surface area contributed by atoms with Crippen molar-refractivity contribution >= 4 is 35.1 Å². The van der Waals surface area contributed by atoms with Gasteiger partial charge < -0.3 is 10.1 Å². The summed E-state index contributed by atoms with van der Waals surface area (Å²) in [7, 11) is 0. The lowest BCUT2D eigenvalue weighted by molar-refractivity contribution is -0.129. The second-order valence-corrected chi connectivity index (χ2v) is 5.24. The monoisotopic (exact) mass is 301 g/mol. The summed E-state index contributed by atoms with van der Waals surface area (Å²) in [5.41, 5.74) is 0.0805. The molecule has 1 fully saturated rings. The molecule has 0 aromatic heterocycles. The van der Waals surface area contributed by atoms with Crippen molar-refractivity contribution in [3.05, 3.63) is 33.8 Å². The van der Waals surface area contributed by atoms with Gasteiger partial charge in [0.05, 0.1) is 15.6 Å². The third kappa shape index (κ3) is 3.61. The van der Waals surface area contributed by atoms with Gasteiger partial charge in [-0.3, -0.25) is 4.79 Å². The van der Waals surface area contributed by atoms with Crippen LogP contribution in [-0.4, -0.2) is 24.0 Å². The van der Waals surface area contributed by atoms with Gasteiger partial charge in [0.2, 0.25) is 0 Å². The maximum Gasteiger partial charge on any atom is 0.341 e. The van der Waals surface area contributed by atoms with Gasteiger partial charge in [-0.15, -0.1) is 0 Å². The molecule has 0 unspecified atom stereocenters. The van der Waals surface area contributed by atoms with E-state index in [2.05, 4.69) is 5.32 Å². The van der Waals surface area contributed by atoms with E-state index in [1.807, 2.05) is 0 Å². The lowest BCUT2D eigenvalue weighted by Crippen LogP contribution is -2.37. The van der Waals surface area contributed by atoms with E-state index >= 15 is 0 Å². The summed E-state index contributed by atoms with van der Waals surface area (Å²) in [4.78, 5) is 23.6. The third-order valence-corrected chi connectivity index (χ3v) is 3.37. The Balaban J connectivity index is 2.01. The Morgan fingerprint density at radius 3 is 2.42 bits per heavy atom. The number of amides is 1. The highest BCUT2D eigenvalue weighted by molar-refractivity contribution is 6.39. The first kappa shape index (κ1) is 14.2. The van der Waals surface area contributed by atoms with Crippen molar-refractivity contribution in [1.29, 1.82) is 0 Å². The Morgan fingerprint density at radius 2 is 1.89 bits per heavy atom. The highest BCUT2D eigenvalue weighted by Gasteiger charge is 2.28. The van der Waals surface area contributed by atoms with Gasteiger partial charge in [0, 0.05) is 6.04 Å². The van der Waals surface area contributed by atoms with Gasteiger partial charge >= 0.3 is 5.97 Å². The molecule has 1 aliphatic rings. The molecule has 1 saturated carbocycles. The Hall–Kier alpha value is -1.26. The number of hydrogen-bond donors (Lipinski definition) is 1. The number of hydrogen-bond acceptors (Lipinski definition) is 3. The Morgan fingerprint density at radius 1 is 1.32 bits per heavy atom. The van der Waals surface area contributed by atoms with Crippen molar-refractivity contribution in [1.82, 2.24) is 5.32 Å². The summed E-state index contributed by atoms with van der Waals surface area (Å²) in [5, 5.41) is 3.16. The third-order valence-electron chi connectivity index (χ3n) is 2.74. The number of carbonyl (C=O) groups is 2. The first-order valence-electron chi connectivity index (χ1n) is 5.94. The van der Waals surface area contributed by atoms with Gasteiger partial charge in [-0.2, -0.15) is 0 Å². The molecule has 102 valence electrons. The van der Waals surface area contributed by atoms with E-state index in [1.54, 1.807) is 18.2 Å². The fourth-order valence-electron chi connectivity index (χ4n) is 1.51. The molecule has 19 heavy (non-hydrogen) atoms. The van der Waals surface area contributed by atoms with Crippen LogP contribution in [-0.2, 0) is 9.53 Å². The van der Waals surface area contributed by atoms with Gasteiger partial charge in [-0.25, -0.2) is 4.79 Å². The lowest BCUT2D eigenvalue weighted by atomic mass is 10.2. The predicted octanol–water partition coefficient (Wildman–Crippen LogP) is 2.82. The Kier molecular flexibility index (Phi) is 4.32. The van der Waals surface area contributed by atoms with Gasteiger partial charge in [0.25, 0.3) is 5.91 Å². The molecule has 1 atom stereocenters. The van der Waals surface area contributed by atoms with Crippen LogP contribution in [0.5, 0.6) is 0 Å². The molecule has 1 aromatic rings. The van der Waals surface area contributed by atoms with E-state index in [-0.39, 0.29) is 27.6 Å². The quantitative estimate of drug-likeness (QED) is 0.870. The number of carbonyl (C=O) groups excluding carboxylic acids is 2. The topological polar surface area (TPSA) is 55.4 Å². The summed E-state index contributed by atoms with van der Waals surface area (Å²) in [5.74, 6) is -1.01. The van der Waals surface area contributed by atoms with Gasteiger partial charge in [0.1, 0.15) is 0 Å². The molecular weight excluding hydrogens is 289 g/mol. The van der Waals surface area contributed by atoms with Crippen molar-refractivity contribution in [2.24, 2.45) is 0 Å². The standard InChI is InChI=1S/C13H13Cl2NO3/c1-7(12(17)16-8-5-6-8)19-13(18)11-9(14)3-2-4-10(11)15/h2-4,7-8H,5-6H2,1H3,(H,16,17)/t7-/m0/s1. The number of rotatable bonds is 4. The lowest BCUT2D eigenvalue weighted by Gasteiger charge is -2.14. The number of ether oxygens (including phenoxy) is 1.